The minimum absolute atomic E-state index is 0.378. The van der Waals surface area contributed by atoms with E-state index < -0.39 is 0 Å². The number of pyridine rings is 1. The van der Waals surface area contributed by atoms with E-state index >= 15 is 0 Å². The Balaban J connectivity index is 2.56. The lowest BCUT2D eigenvalue weighted by Gasteiger charge is -2.16. The zero-order valence-electron chi connectivity index (χ0n) is 12.2. The molecule has 3 nitrogen and oxygen atoms in total. The molecule has 2 aromatic rings. The van der Waals surface area contributed by atoms with Crippen molar-refractivity contribution in [2.75, 3.05) is 0 Å². The first-order valence-electron chi connectivity index (χ1n) is 7.36. The van der Waals surface area contributed by atoms with Crippen LogP contribution in [-0.4, -0.2) is 10.9 Å². The molecule has 1 amide bonds. The summed E-state index contributed by atoms with van der Waals surface area (Å²) in [6.45, 7) is 4.36. The Labute approximate surface area is 120 Å². The van der Waals surface area contributed by atoms with Crippen LogP contribution < -0.4 is 5.73 Å². The largest absolute Gasteiger partial charge is 0.366 e. The van der Waals surface area contributed by atoms with Crippen molar-refractivity contribution in [3.63, 3.8) is 0 Å². The second kappa shape index (κ2) is 6.51. The molecule has 1 aromatic carbocycles. The van der Waals surface area contributed by atoms with Crippen LogP contribution in [0.4, 0.5) is 0 Å². The normalized spacial score (nSPS) is 11.2. The van der Waals surface area contributed by atoms with Crippen LogP contribution in [0.25, 0.3) is 10.9 Å². The lowest BCUT2D eigenvalue weighted by molar-refractivity contribution is 0.100. The molecule has 2 rings (SSSR count). The molecule has 0 atom stereocenters. The standard InChI is InChI=1S/C17H22N2O/c1-3-7-12(8-4-2)16-11-14(17(18)20)13-9-5-6-10-15(13)19-16/h5-6,9-12H,3-4,7-8H2,1-2H3,(H2,18,20). The SMILES string of the molecule is CCCC(CCC)c1cc(C(N)=O)c2ccccc2n1. The first-order chi connectivity index (χ1) is 9.67. The molecule has 0 aliphatic carbocycles. The minimum atomic E-state index is -0.378. The van der Waals surface area contributed by atoms with Gasteiger partial charge in [-0.3, -0.25) is 9.78 Å². The van der Waals surface area contributed by atoms with Crippen LogP contribution >= 0.6 is 0 Å². The summed E-state index contributed by atoms with van der Waals surface area (Å²) in [6.07, 6.45) is 4.42. The number of aromatic nitrogens is 1. The Hall–Kier alpha value is -1.90. The van der Waals surface area contributed by atoms with Gasteiger partial charge in [0.05, 0.1) is 11.1 Å². The van der Waals surface area contributed by atoms with Gasteiger partial charge in [0.1, 0.15) is 0 Å². The van der Waals surface area contributed by atoms with E-state index in [0.29, 0.717) is 11.5 Å². The Morgan fingerprint density at radius 3 is 2.45 bits per heavy atom. The third-order valence-corrected chi connectivity index (χ3v) is 3.69. The molecule has 106 valence electrons. The molecule has 3 heteroatoms. The number of nitrogens with zero attached hydrogens (tertiary/aromatic N) is 1. The van der Waals surface area contributed by atoms with Gasteiger partial charge in [-0.25, -0.2) is 0 Å². The van der Waals surface area contributed by atoms with E-state index in [2.05, 4.69) is 13.8 Å². The molecule has 0 aliphatic rings. The number of rotatable bonds is 6. The fraction of sp³-hybridized carbons (Fsp3) is 0.412. The van der Waals surface area contributed by atoms with Crippen LogP contribution in [0.3, 0.4) is 0 Å². The molecule has 20 heavy (non-hydrogen) atoms. The second-order valence-electron chi connectivity index (χ2n) is 5.25. The molecule has 0 saturated carbocycles. The maximum atomic E-state index is 11.7. The fourth-order valence-corrected chi connectivity index (χ4v) is 2.75. The Morgan fingerprint density at radius 2 is 1.85 bits per heavy atom. The first-order valence-corrected chi connectivity index (χ1v) is 7.36. The highest BCUT2D eigenvalue weighted by molar-refractivity contribution is 6.05. The zero-order chi connectivity index (χ0) is 14.5. The number of benzene rings is 1. The van der Waals surface area contributed by atoms with Gasteiger partial charge in [-0.2, -0.15) is 0 Å². The number of hydrogen-bond donors (Lipinski definition) is 1. The van der Waals surface area contributed by atoms with Gasteiger partial charge in [0.2, 0.25) is 5.91 Å². The lowest BCUT2D eigenvalue weighted by atomic mass is 9.92. The van der Waals surface area contributed by atoms with Gasteiger partial charge in [0.15, 0.2) is 0 Å². The second-order valence-corrected chi connectivity index (χ2v) is 5.25. The lowest BCUT2D eigenvalue weighted by Crippen LogP contribution is -2.13. The summed E-state index contributed by atoms with van der Waals surface area (Å²) in [5, 5.41) is 0.843. The summed E-state index contributed by atoms with van der Waals surface area (Å²) >= 11 is 0. The van der Waals surface area contributed by atoms with Crippen LogP contribution in [-0.2, 0) is 0 Å². The van der Waals surface area contributed by atoms with Gasteiger partial charge in [-0.05, 0) is 25.0 Å². The number of amides is 1. The molecule has 0 fully saturated rings. The van der Waals surface area contributed by atoms with Gasteiger partial charge in [0.25, 0.3) is 0 Å². The van der Waals surface area contributed by atoms with Crippen molar-refractivity contribution in [1.29, 1.82) is 0 Å². The van der Waals surface area contributed by atoms with Crippen LogP contribution in [0.5, 0.6) is 0 Å². The molecular weight excluding hydrogens is 248 g/mol. The van der Waals surface area contributed by atoms with Gasteiger partial charge in [-0.15, -0.1) is 0 Å². The highest BCUT2D eigenvalue weighted by atomic mass is 16.1. The molecule has 0 saturated heterocycles. The van der Waals surface area contributed by atoms with Crippen LogP contribution in [0.2, 0.25) is 0 Å². The van der Waals surface area contributed by atoms with Crippen molar-refractivity contribution in [2.24, 2.45) is 5.73 Å². The predicted octanol–water partition coefficient (Wildman–Crippen LogP) is 4.02. The highest BCUT2D eigenvalue weighted by Crippen LogP contribution is 2.28. The Bertz CT molecular complexity index is 601. The van der Waals surface area contributed by atoms with Gasteiger partial charge in [0, 0.05) is 17.0 Å². The van der Waals surface area contributed by atoms with Crippen molar-refractivity contribution < 1.29 is 4.79 Å². The van der Waals surface area contributed by atoms with Crippen LogP contribution in [0.1, 0.15) is 61.5 Å². The number of primary amides is 1. The van der Waals surface area contributed by atoms with Crippen molar-refractivity contribution in [1.82, 2.24) is 4.98 Å². The van der Waals surface area contributed by atoms with E-state index in [1.807, 2.05) is 30.3 Å². The first kappa shape index (κ1) is 14.5. The molecule has 2 N–H and O–H groups in total. The number of fused-ring (bicyclic) bond motifs is 1. The zero-order valence-corrected chi connectivity index (χ0v) is 12.2. The maximum Gasteiger partial charge on any atom is 0.249 e. The fourth-order valence-electron chi connectivity index (χ4n) is 2.75. The quantitative estimate of drug-likeness (QED) is 0.862. The number of hydrogen-bond acceptors (Lipinski definition) is 2. The van der Waals surface area contributed by atoms with E-state index in [0.717, 1.165) is 42.3 Å². The molecular formula is C17H22N2O. The summed E-state index contributed by atoms with van der Waals surface area (Å²) in [4.78, 5) is 16.4. The number of carbonyl (C=O) groups is 1. The Kier molecular flexibility index (Phi) is 4.72. The van der Waals surface area contributed by atoms with Crippen molar-refractivity contribution in [3.8, 4) is 0 Å². The third kappa shape index (κ3) is 2.98. The van der Waals surface area contributed by atoms with Crippen LogP contribution in [0.15, 0.2) is 30.3 Å². The topological polar surface area (TPSA) is 56.0 Å². The molecule has 0 radical (unpaired) electrons. The average Bonchev–Trinajstić information content (AvgIpc) is 2.45. The monoisotopic (exact) mass is 270 g/mol. The van der Waals surface area contributed by atoms with E-state index in [1.54, 1.807) is 0 Å². The number of carbonyl (C=O) groups excluding carboxylic acids is 1. The van der Waals surface area contributed by atoms with Crippen molar-refractivity contribution >= 4 is 16.8 Å². The Morgan fingerprint density at radius 1 is 1.20 bits per heavy atom. The number of para-hydroxylation sites is 1. The molecule has 1 heterocycles. The van der Waals surface area contributed by atoms with Crippen LogP contribution in [0, 0.1) is 0 Å². The van der Waals surface area contributed by atoms with Gasteiger partial charge < -0.3 is 5.73 Å². The highest BCUT2D eigenvalue weighted by Gasteiger charge is 2.16. The third-order valence-electron chi connectivity index (χ3n) is 3.69. The summed E-state index contributed by atoms with van der Waals surface area (Å²) in [6, 6.07) is 9.59. The molecule has 0 spiro atoms. The van der Waals surface area contributed by atoms with Gasteiger partial charge >= 0.3 is 0 Å². The average molecular weight is 270 g/mol. The molecule has 0 unspecified atom stereocenters. The smallest absolute Gasteiger partial charge is 0.249 e. The minimum Gasteiger partial charge on any atom is -0.366 e. The van der Waals surface area contributed by atoms with E-state index in [-0.39, 0.29) is 5.91 Å². The van der Waals surface area contributed by atoms with Gasteiger partial charge in [-0.1, -0.05) is 44.9 Å². The summed E-state index contributed by atoms with van der Waals surface area (Å²) in [7, 11) is 0. The van der Waals surface area contributed by atoms with E-state index in [1.165, 1.54) is 0 Å². The van der Waals surface area contributed by atoms with E-state index in [4.69, 9.17) is 10.7 Å². The maximum absolute atomic E-state index is 11.7. The summed E-state index contributed by atoms with van der Waals surface area (Å²) in [5.41, 5.74) is 7.97. The number of nitrogens with two attached hydrogens (primary N) is 1. The summed E-state index contributed by atoms with van der Waals surface area (Å²) in [5.74, 6) is 0.0318. The summed E-state index contributed by atoms with van der Waals surface area (Å²) < 4.78 is 0. The predicted molar refractivity (Wildman–Crippen MR) is 82.8 cm³/mol. The molecule has 0 bridgehead atoms. The van der Waals surface area contributed by atoms with E-state index in [9.17, 15) is 4.79 Å². The van der Waals surface area contributed by atoms with Crippen molar-refractivity contribution in [3.05, 3.63) is 41.6 Å². The molecule has 1 aromatic heterocycles. The molecule has 0 aliphatic heterocycles. The van der Waals surface area contributed by atoms with Crippen molar-refractivity contribution in [2.45, 2.75) is 45.4 Å².